The summed E-state index contributed by atoms with van der Waals surface area (Å²) in [6, 6.07) is 2.38. The summed E-state index contributed by atoms with van der Waals surface area (Å²) in [5.41, 5.74) is 3.11. The van der Waals surface area contributed by atoms with Crippen molar-refractivity contribution in [1.29, 1.82) is 0 Å². The molecule has 3 aromatic rings. The molecule has 2 amide bonds. The number of hydrogen-bond donors (Lipinski definition) is 3. The zero-order valence-corrected chi connectivity index (χ0v) is 19.3. The molecule has 0 aliphatic heterocycles. The highest BCUT2D eigenvalue weighted by Crippen LogP contribution is 2.51. The van der Waals surface area contributed by atoms with Gasteiger partial charge in [-0.3, -0.25) is 14.7 Å². The number of nitrogens with one attached hydrogen (secondary N) is 3. The number of carbonyl (C=O) groups is 2. The first kappa shape index (κ1) is 22.2. The van der Waals surface area contributed by atoms with E-state index < -0.39 is 23.8 Å². The van der Waals surface area contributed by atoms with Crippen LogP contribution < -0.4 is 10.6 Å². The van der Waals surface area contributed by atoms with E-state index in [9.17, 15) is 14.0 Å². The number of H-pyrrole nitrogens is 1. The van der Waals surface area contributed by atoms with Crippen LogP contribution in [0.2, 0.25) is 0 Å². The third-order valence-electron chi connectivity index (χ3n) is 6.78. The Balaban J connectivity index is 1.38. The van der Waals surface area contributed by atoms with Gasteiger partial charge in [0.1, 0.15) is 23.7 Å². The van der Waals surface area contributed by atoms with Gasteiger partial charge in [0, 0.05) is 16.8 Å². The molecule has 3 aromatic heterocycles. The number of aromatic amines is 1. The van der Waals surface area contributed by atoms with Crippen LogP contribution in [0.3, 0.4) is 0 Å². The molecule has 34 heavy (non-hydrogen) atoms. The lowest BCUT2D eigenvalue weighted by Gasteiger charge is -2.27. The zero-order valence-electron chi connectivity index (χ0n) is 19.3. The summed E-state index contributed by atoms with van der Waals surface area (Å²) in [6.45, 7) is 5.27. The number of hydrogen-bond acceptors (Lipinski definition) is 6. The lowest BCUT2D eigenvalue weighted by molar-refractivity contribution is -0.119. The van der Waals surface area contributed by atoms with Crippen molar-refractivity contribution in [2.24, 2.45) is 17.8 Å². The SMILES string of the molecule is Cc1nocc1C(=O)N[C@H](C(=O)Nc1ccc(-c2c(C)n[nH]c2C)c(F)n1)C(C1CC1)C1CC1. The Bertz CT molecular complexity index is 1210. The monoisotopic (exact) mass is 466 g/mol. The minimum absolute atomic E-state index is 0.0319. The number of aromatic nitrogens is 4. The molecule has 1 atom stereocenters. The van der Waals surface area contributed by atoms with E-state index in [1.165, 1.54) is 6.26 Å². The van der Waals surface area contributed by atoms with Gasteiger partial charge < -0.3 is 15.2 Å². The number of pyridine rings is 1. The summed E-state index contributed by atoms with van der Waals surface area (Å²) in [7, 11) is 0. The second kappa shape index (κ2) is 8.66. The third-order valence-corrected chi connectivity index (χ3v) is 6.78. The van der Waals surface area contributed by atoms with Crippen molar-refractivity contribution in [2.45, 2.75) is 52.5 Å². The molecule has 3 N–H and O–H groups in total. The minimum atomic E-state index is -0.760. The molecule has 0 spiro atoms. The maximum atomic E-state index is 14.9. The predicted octanol–water partition coefficient (Wildman–Crippen LogP) is 3.70. The van der Waals surface area contributed by atoms with E-state index in [1.54, 1.807) is 26.0 Å². The lowest BCUT2D eigenvalue weighted by atomic mass is 9.88. The van der Waals surface area contributed by atoms with E-state index in [0.717, 1.165) is 31.4 Å². The van der Waals surface area contributed by atoms with Crippen molar-refractivity contribution in [3.8, 4) is 11.1 Å². The van der Waals surface area contributed by atoms with Gasteiger partial charge in [0.05, 0.1) is 11.4 Å². The molecule has 5 rings (SSSR count). The van der Waals surface area contributed by atoms with Gasteiger partial charge in [0.15, 0.2) is 0 Å². The Hall–Kier alpha value is -3.56. The van der Waals surface area contributed by atoms with Gasteiger partial charge in [-0.1, -0.05) is 5.16 Å². The first-order valence-electron chi connectivity index (χ1n) is 11.5. The molecule has 9 nitrogen and oxygen atoms in total. The number of aryl methyl sites for hydroxylation is 3. The van der Waals surface area contributed by atoms with E-state index in [2.05, 4.69) is 31.0 Å². The Morgan fingerprint density at radius 3 is 2.35 bits per heavy atom. The topological polar surface area (TPSA) is 126 Å². The number of anilines is 1. The molecule has 0 radical (unpaired) electrons. The molecule has 0 unspecified atom stereocenters. The average Bonchev–Trinajstić information content (AvgIpc) is 3.73. The molecule has 0 saturated heterocycles. The first-order valence-corrected chi connectivity index (χ1v) is 11.5. The van der Waals surface area contributed by atoms with Crippen LogP contribution in [0.15, 0.2) is 22.9 Å². The lowest BCUT2D eigenvalue weighted by Crippen LogP contribution is -2.50. The van der Waals surface area contributed by atoms with Crippen molar-refractivity contribution < 1.29 is 18.5 Å². The normalized spacial score (nSPS) is 16.5. The number of amides is 2. The highest BCUT2D eigenvalue weighted by molar-refractivity contribution is 6.01. The van der Waals surface area contributed by atoms with Crippen LogP contribution in [0.4, 0.5) is 10.2 Å². The summed E-state index contributed by atoms with van der Waals surface area (Å²) >= 11 is 0. The van der Waals surface area contributed by atoms with Crippen molar-refractivity contribution >= 4 is 17.6 Å². The smallest absolute Gasteiger partial charge is 0.257 e. The summed E-state index contributed by atoms with van der Waals surface area (Å²) < 4.78 is 19.8. The van der Waals surface area contributed by atoms with Gasteiger partial charge >= 0.3 is 0 Å². The fraction of sp³-hybridized carbons (Fsp3) is 0.458. The largest absolute Gasteiger partial charge is 0.364 e. The zero-order chi connectivity index (χ0) is 24.0. The predicted molar refractivity (Wildman–Crippen MR) is 121 cm³/mol. The van der Waals surface area contributed by atoms with Gasteiger partial charge in [-0.2, -0.15) is 9.49 Å². The second-order valence-corrected chi connectivity index (χ2v) is 9.35. The van der Waals surface area contributed by atoms with Crippen LogP contribution in [0.1, 0.15) is 53.1 Å². The average molecular weight is 467 g/mol. The van der Waals surface area contributed by atoms with Gasteiger partial charge in [-0.15, -0.1) is 0 Å². The van der Waals surface area contributed by atoms with Crippen LogP contribution >= 0.6 is 0 Å². The van der Waals surface area contributed by atoms with E-state index in [0.29, 0.717) is 39.9 Å². The van der Waals surface area contributed by atoms with E-state index >= 15 is 0 Å². The summed E-state index contributed by atoms with van der Waals surface area (Å²) in [4.78, 5) is 30.3. The maximum Gasteiger partial charge on any atom is 0.257 e. The molecular weight excluding hydrogens is 439 g/mol. The molecule has 2 aliphatic rings. The molecule has 10 heteroatoms. The first-order chi connectivity index (χ1) is 16.3. The molecule has 2 aliphatic carbocycles. The highest BCUT2D eigenvalue weighted by Gasteiger charge is 2.48. The number of nitrogens with zero attached hydrogens (tertiary/aromatic N) is 3. The fourth-order valence-corrected chi connectivity index (χ4v) is 4.80. The number of halogens is 1. The molecule has 0 aromatic carbocycles. The molecule has 2 fully saturated rings. The highest BCUT2D eigenvalue weighted by atomic mass is 19.1. The number of carbonyl (C=O) groups excluding carboxylic acids is 2. The van der Waals surface area contributed by atoms with Gasteiger partial charge in [-0.25, -0.2) is 4.98 Å². The fourth-order valence-electron chi connectivity index (χ4n) is 4.80. The Labute approximate surface area is 195 Å². The van der Waals surface area contributed by atoms with Crippen molar-refractivity contribution in [1.82, 2.24) is 25.7 Å². The molecule has 2 saturated carbocycles. The maximum absolute atomic E-state index is 14.9. The van der Waals surface area contributed by atoms with E-state index in [1.807, 2.05) is 6.92 Å². The Kier molecular flexibility index (Phi) is 5.66. The van der Waals surface area contributed by atoms with E-state index in [-0.39, 0.29) is 11.7 Å². The standard InChI is InChI=1S/C24H27FN6O3/c1-11-17(10-34-31-11)23(32)28-21(20(14-4-5-14)15-6-7-15)24(33)27-18-9-8-16(22(25)26-18)19-12(2)29-30-13(19)3/h8-10,14-15,20-21H,4-7H2,1-3H3,(H,28,32)(H,29,30)(H,26,27,33)/t21-/m0/s1. The summed E-state index contributed by atoms with van der Waals surface area (Å²) in [6.07, 6.45) is 5.44. The minimum Gasteiger partial charge on any atom is -0.364 e. The Morgan fingerprint density at radius 2 is 1.82 bits per heavy atom. The van der Waals surface area contributed by atoms with Crippen LogP contribution in [0.5, 0.6) is 0 Å². The van der Waals surface area contributed by atoms with Gasteiger partial charge in [0.2, 0.25) is 11.9 Å². The summed E-state index contributed by atoms with van der Waals surface area (Å²) in [5.74, 6) is -0.600. The van der Waals surface area contributed by atoms with Crippen molar-refractivity contribution in [3.63, 3.8) is 0 Å². The van der Waals surface area contributed by atoms with Crippen molar-refractivity contribution in [3.05, 3.63) is 47.0 Å². The molecule has 3 heterocycles. The van der Waals surface area contributed by atoms with Crippen LogP contribution in [0, 0.1) is 44.5 Å². The quantitative estimate of drug-likeness (QED) is 0.435. The van der Waals surface area contributed by atoms with Gasteiger partial charge in [-0.05, 0) is 76.3 Å². The summed E-state index contributed by atoms with van der Waals surface area (Å²) in [5, 5.41) is 16.3. The second-order valence-electron chi connectivity index (χ2n) is 9.35. The molecule has 0 bridgehead atoms. The van der Waals surface area contributed by atoms with E-state index in [4.69, 9.17) is 4.52 Å². The van der Waals surface area contributed by atoms with Crippen LogP contribution in [-0.4, -0.2) is 38.2 Å². The third kappa shape index (κ3) is 4.32. The van der Waals surface area contributed by atoms with Crippen molar-refractivity contribution in [2.75, 3.05) is 5.32 Å². The molecular formula is C24H27FN6O3. The van der Waals surface area contributed by atoms with Crippen LogP contribution in [-0.2, 0) is 4.79 Å². The molecule has 178 valence electrons. The van der Waals surface area contributed by atoms with Crippen LogP contribution in [0.25, 0.3) is 11.1 Å². The number of rotatable bonds is 8. The van der Waals surface area contributed by atoms with Gasteiger partial charge in [0.25, 0.3) is 5.91 Å². The Morgan fingerprint density at radius 1 is 1.12 bits per heavy atom.